The van der Waals surface area contributed by atoms with Gasteiger partial charge in [-0.25, -0.2) is 19.6 Å². The molecule has 4 N–H and O–H groups in total. The number of amides is 4. The second kappa shape index (κ2) is 19.9. The molecule has 0 spiro atoms. The van der Waals surface area contributed by atoms with Crippen LogP contribution in [0.3, 0.4) is 0 Å². The van der Waals surface area contributed by atoms with Crippen molar-refractivity contribution in [3.8, 4) is 22.5 Å². The monoisotopic (exact) mass is 924 g/mol. The Hall–Kier alpha value is -6.64. The molecule has 3 aliphatic heterocycles. The van der Waals surface area contributed by atoms with Crippen molar-refractivity contribution in [2.24, 2.45) is 11.8 Å². The number of benzene rings is 3. The predicted molar refractivity (Wildman–Crippen MR) is 259 cm³/mol. The summed E-state index contributed by atoms with van der Waals surface area (Å²) in [6, 6.07) is 25.3. The standard InChI is InChI=1S/C53H65N9O6/c1-31(2)46(58-52(65)67-5)50(63)60-27-7-9-44(60)48-54-29-40(56-48)35-13-17-37(18-14-35)42-25-26-43(62(42)39-23-21-34(22-24-39)33-11-12-33)38-19-15-36(16-20-38)41-30-55-49(57-41)45-10-8-28-61(45)51(64)47(32(3)4)59-53(66)68-6/h13-24,29-33,42-47H,7-12,25-28H2,1-6H3,(H,54,56)(H,55,57)(H,58,65)(H,59,66)/t42?,43?,44-,45-,46-,47-/m0/s1. The number of hydrogen-bond donors (Lipinski definition) is 4. The number of ether oxygens (including phenoxy) is 2. The van der Waals surface area contributed by atoms with Crippen LogP contribution in [0.25, 0.3) is 22.5 Å². The number of carbonyl (C=O) groups is 4. The number of anilines is 1. The van der Waals surface area contributed by atoms with E-state index >= 15 is 0 Å². The summed E-state index contributed by atoms with van der Waals surface area (Å²) in [4.78, 5) is 74.7. The molecule has 9 rings (SSSR count). The normalized spacial score (nSPS) is 21.3. The first-order valence-electron chi connectivity index (χ1n) is 24.4. The van der Waals surface area contributed by atoms with Crippen LogP contribution in [0.5, 0.6) is 0 Å². The molecular weight excluding hydrogens is 859 g/mol. The Labute approximate surface area is 398 Å². The Kier molecular flexibility index (Phi) is 13.6. The molecule has 5 aromatic rings. The minimum absolute atomic E-state index is 0.108. The zero-order valence-electron chi connectivity index (χ0n) is 40.0. The van der Waals surface area contributed by atoms with Crippen LogP contribution >= 0.6 is 0 Å². The van der Waals surface area contributed by atoms with Gasteiger partial charge in [0.1, 0.15) is 23.7 Å². The molecule has 0 radical (unpaired) electrons. The maximum absolute atomic E-state index is 13.7. The van der Waals surface area contributed by atoms with Gasteiger partial charge in [0, 0.05) is 42.3 Å². The van der Waals surface area contributed by atoms with Crippen molar-refractivity contribution in [1.82, 2.24) is 40.4 Å². The first-order chi connectivity index (χ1) is 32.9. The van der Waals surface area contributed by atoms with Crippen LogP contribution in [0.1, 0.15) is 137 Å². The van der Waals surface area contributed by atoms with Gasteiger partial charge in [-0.3, -0.25) is 9.59 Å². The van der Waals surface area contributed by atoms with Gasteiger partial charge in [-0.2, -0.15) is 0 Å². The number of imidazole rings is 2. The van der Waals surface area contributed by atoms with Crippen LogP contribution < -0.4 is 15.5 Å². The van der Waals surface area contributed by atoms with Crippen molar-refractivity contribution in [3.63, 3.8) is 0 Å². The smallest absolute Gasteiger partial charge is 0.407 e. The molecule has 6 atom stereocenters. The lowest BCUT2D eigenvalue weighted by Crippen LogP contribution is -2.51. The quantitative estimate of drug-likeness (QED) is 0.0845. The fraction of sp³-hybridized carbons (Fsp3) is 0.472. The lowest BCUT2D eigenvalue weighted by atomic mass is 10.0. The van der Waals surface area contributed by atoms with Crippen molar-refractivity contribution >= 4 is 29.7 Å². The maximum atomic E-state index is 13.7. The van der Waals surface area contributed by atoms with Crippen molar-refractivity contribution in [3.05, 3.63) is 114 Å². The zero-order chi connectivity index (χ0) is 47.6. The van der Waals surface area contributed by atoms with E-state index in [0.717, 1.165) is 72.7 Å². The highest BCUT2D eigenvalue weighted by Gasteiger charge is 2.40. The van der Waals surface area contributed by atoms with E-state index in [1.54, 1.807) is 0 Å². The van der Waals surface area contributed by atoms with Gasteiger partial charge in [0.15, 0.2) is 0 Å². The van der Waals surface area contributed by atoms with Crippen LogP contribution in [-0.4, -0.2) is 93.1 Å². The summed E-state index contributed by atoms with van der Waals surface area (Å²) < 4.78 is 9.62. The number of methoxy groups -OCH3 is 2. The molecule has 4 amide bonds. The van der Waals surface area contributed by atoms with Crippen molar-refractivity contribution in [2.75, 3.05) is 32.2 Å². The van der Waals surface area contributed by atoms with Gasteiger partial charge in [0.2, 0.25) is 11.8 Å². The third kappa shape index (κ3) is 9.57. The SMILES string of the molecule is COC(=O)N[C@H](C(=O)N1CCC[C@H]1c1nc(-c2ccc(C3CCC(c4ccc(-c5c[nH]c([C@@H]6CCCN6C(=O)[C@@H](NC(=O)OC)C(C)C)n5)cc4)N3c3ccc(C4CC4)cc3)cc2)c[nH]1)C(C)C. The molecular formula is C53H65N9O6. The number of likely N-dealkylation sites (tertiary alicyclic amines) is 2. The van der Waals surface area contributed by atoms with Crippen LogP contribution in [-0.2, 0) is 19.1 Å². The van der Waals surface area contributed by atoms with E-state index in [1.807, 2.05) is 49.9 Å². The van der Waals surface area contributed by atoms with Crippen LogP contribution in [0.2, 0.25) is 0 Å². The Bertz CT molecular complexity index is 2420. The number of nitrogens with one attached hydrogen (secondary N) is 4. The van der Waals surface area contributed by atoms with E-state index in [2.05, 4.69) is 98.3 Å². The molecule has 358 valence electrons. The van der Waals surface area contributed by atoms with Gasteiger partial charge >= 0.3 is 12.2 Å². The molecule has 15 nitrogen and oxygen atoms in total. The Morgan fingerprint density at radius 2 is 0.971 bits per heavy atom. The molecule has 4 aliphatic rings. The highest BCUT2D eigenvalue weighted by atomic mass is 16.5. The number of alkyl carbamates (subject to hydrolysis) is 2. The summed E-state index contributed by atoms with van der Waals surface area (Å²) in [5.41, 5.74) is 8.73. The lowest BCUT2D eigenvalue weighted by Gasteiger charge is -2.33. The molecule has 0 bridgehead atoms. The summed E-state index contributed by atoms with van der Waals surface area (Å²) in [7, 11) is 2.61. The van der Waals surface area contributed by atoms with E-state index in [1.165, 1.54) is 49.4 Å². The topological polar surface area (TPSA) is 178 Å². The number of H-pyrrole nitrogens is 2. The zero-order valence-corrected chi connectivity index (χ0v) is 40.0. The molecule has 3 aromatic carbocycles. The second-order valence-electron chi connectivity index (χ2n) is 19.6. The van der Waals surface area contributed by atoms with E-state index in [9.17, 15) is 19.2 Å². The molecule has 1 saturated carbocycles. The Balaban J connectivity index is 0.915. The minimum Gasteiger partial charge on any atom is -0.453 e. The van der Waals surface area contributed by atoms with Crippen molar-refractivity contribution < 1.29 is 28.7 Å². The molecule has 15 heteroatoms. The van der Waals surface area contributed by atoms with E-state index in [-0.39, 0.29) is 47.8 Å². The van der Waals surface area contributed by atoms with Gasteiger partial charge in [-0.15, -0.1) is 0 Å². The molecule has 2 unspecified atom stereocenters. The van der Waals surface area contributed by atoms with Crippen LogP contribution in [0, 0.1) is 11.8 Å². The predicted octanol–water partition coefficient (Wildman–Crippen LogP) is 9.52. The number of aromatic amines is 2. The van der Waals surface area contributed by atoms with Gasteiger partial charge in [0.05, 0.1) is 49.8 Å². The maximum Gasteiger partial charge on any atom is 0.407 e. The van der Waals surface area contributed by atoms with Gasteiger partial charge in [-0.1, -0.05) is 88.4 Å². The fourth-order valence-electron chi connectivity index (χ4n) is 10.6. The third-order valence-electron chi connectivity index (χ3n) is 14.5. The Morgan fingerprint density at radius 1 is 0.559 bits per heavy atom. The lowest BCUT2D eigenvalue weighted by molar-refractivity contribution is -0.136. The average molecular weight is 924 g/mol. The average Bonchev–Trinajstić information content (AvgIpc) is 3.97. The third-order valence-corrected chi connectivity index (χ3v) is 14.5. The molecule has 5 heterocycles. The van der Waals surface area contributed by atoms with E-state index in [0.29, 0.717) is 19.0 Å². The second-order valence-corrected chi connectivity index (χ2v) is 19.6. The van der Waals surface area contributed by atoms with Crippen LogP contribution in [0.15, 0.2) is 85.2 Å². The van der Waals surface area contributed by atoms with Crippen LogP contribution in [0.4, 0.5) is 15.3 Å². The molecule has 2 aromatic heterocycles. The van der Waals surface area contributed by atoms with E-state index in [4.69, 9.17) is 19.4 Å². The summed E-state index contributed by atoms with van der Waals surface area (Å²) in [5.74, 6) is 1.69. The molecule has 4 fully saturated rings. The number of rotatable bonds is 14. The highest BCUT2D eigenvalue weighted by Crippen LogP contribution is 2.48. The highest BCUT2D eigenvalue weighted by molar-refractivity contribution is 5.87. The molecule has 68 heavy (non-hydrogen) atoms. The van der Waals surface area contributed by atoms with Gasteiger partial charge in [0.25, 0.3) is 0 Å². The first-order valence-corrected chi connectivity index (χ1v) is 24.4. The van der Waals surface area contributed by atoms with Crippen molar-refractivity contribution in [1.29, 1.82) is 0 Å². The first kappa shape index (κ1) is 46.5. The largest absolute Gasteiger partial charge is 0.453 e. The fourth-order valence-corrected chi connectivity index (χ4v) is 10.6. The number of nitrogens with zero attached hydrogens (tertiary/aromatic N) is 5. The van der Waals surface area contributed by atoms with E-state index < -0.39 is 24.3 Å². The number of hydrogen-bond acceptors (Lipinski definition) is 9. The summed E-state index contributed by atoms with van der Waals surface area (Å²) in [6.07, 6.45) is 10.4. The van der Waals surface area contributed by atoms with Crippen molar-refractivity contribution in [2.45, 2.75) is 121 Å². The molecule has 3 saturated heterocycles. The number of carbonyl (C=O) groups excluding carboxylic acids is 4. The molecule has 1 aliphatic carbocycles. The summed E-state index contributed by atoms with van der Waals surface area (Å²) >= 11 is 0. The Morgan fingerprint density at radius 3 is 1.35 bits per heavy atom. The minimum atomic E-state index is -0.691. The number of aromatic nitrogens is 4. The summed E-state index contributed by atoms with van der Waals surface area (Å²) in [6.45, 7) is 8.86. The van der Waals surface area contributed by atoms with Gasteiger partial charge in [-0.05, 0) is 97.9 Å². The summed E-state index contributed by atoms with van der Waals surface area (Å²) in [5, 5.41) is 5.46. The van der Waals surface area contributed by atoms with Gasteiger partial charge < -0.3 is 44.8 Å².